The predicted octanol–water partition coefficient (Wildman–Crippen LogP) is 0.202. The van der Waals surface area contributed by atoms with Gasteiger partial charge in [0.05, 0.1) is 6.61 Å². The Balaban J connectivity index is 2.90. The molecule has 1 rings (SSSR count). The first-order chi connectivity index (χ1) is 7.96. The monoisotopic (exact) mass is 259 g/mol. The van der Waals surface area contributed by atoms with Gasteiger partial charge in [-0.1, -0.05) is 0 Å². The predicted molar refractivity (Wildman–Crippen MR) is 65.4 cm³/mol. The van der Waals surface area contributed by atoms with Crippen molar-refractivity contribution in [2.24, 2.45) is 5.14 Å². The molecule has 6 nitrogen and oxygen atoms in total. The minimum Gasteiger partial charge on any atom is -0.380 e. The van der Waals surface area contributed by atoms with Gasteiger partial charge in [0.25, 0.3) is 0 Å². The number of rotatable bonds is 6. The zero-order chi connectivity index (χ0) is 12.9. The Morgan fingerprint density at radius 3 is 2.82 bits per heavy atom. The number of ether oxygens (including phenoxy) is 1. The highest BCUT2D eigenvalue weighted by molar-refractivity contribution is 7.89. The molecule has 1 heterocycles. The molecule has 17 heavy (non-hydrogen) atoms. The average Bonchev–Trinajstić information content (AvgIpc) is 2.28. The summed E-state index contributed by atoms with van der Waals surface area (Å²) in [6.45, 7) is 3.58. The van der Waals surface area contributed by atoms with Crippen molar-refractivity contribution < 1.29 is 13.2 Å². The smallest absolute Gasteiger partial charge is 0.241 e. The molecule has 0 aromatic carbocycles. The molecule has 0 saturated heterocycles. The van der Waals surface area contributed by atoms with Gasteiger partial charge < -0.3 is 9.64 Å². The molecule has 0 bridgehead atoms. The van der Waals surface area contributed by atoms with Gasteiger partial charge >= 0.3 is 0 Å². The summed E-state index contributed by atoms with van der Waals surface area (Å²) in [6.07, 6.45) is 1.53. The van der Waals surface area contributed by atoms with Crippen LogP contribution in [0.3, 0.4) is 0 Å². The average molecular weight is 259 g/mol. The summed E-state index contributed by atoms with van der Waals surface area (Å²) in [4.78, 5) is 5.77. The van der Waals surface area contributed by atoms with Crippen molar-refractivity contribution in [3.05, 3.63) is 18.3 Å². The van der Waals surface area contributed by atoms with E-state index in [2.05, 4.69) is 4.98 Å². The molecule has 0 radical (unpaired) electrons. The van der Waals surface area contributed by atoms with Gasteiger partial charge in [-0.25, -0.2) is 18.5 Å². The molecule has 96 valence electrons. The summed E-state index contributed by atoms with van der Waals surface area (Å²) < 4.78 is 27.9. The highest BCUT2D eigenvalue weighted by Gasteiger charge is 2.17. The third-order valence-electron chi connectivity index (χ3n) is 2.19. The van der Waals surface area contributed by atoms with Gasteiger partial charge in [0, 0.05) is 26.4 Å². The van der Waals surface area contributed by atoms with E-state index in [1.54, 1.807) is 18.0 Å². The van der Waals surface area contributed by atoms with Crippen LogP contribution in [0.5, 0.6) is 0 Å². The van der Waals surface area contributed by atoms with E-state index in [1.807, 2.05) is 6.92 Å². The summed E-state index contributed by atoms with van der Waals surface area (Å²) in [6, 6.07) is 2.98. The van der Waals surface area contributed by atoms with Crippen molar-refractivity contribution in [1.29, 1.82) is 0 Å². The normalized spacial score (nSPS) is 11.5. The van der Waals surface area contributed by atoms with Crippen LogP contribution in [0, 0.1) is 0 Å². The minimum absolute atomic E-state index is 0.0269. The quantitative estimate of drug-likeness (QED) is 0.738. The van der Waals surface area contributed by atoms with E-state index in [0.29, 0.717) is 25.6 Å². The third kappa shape index (κ3) is 3.95. The molecular formula is C10H17N3O3S. The van der Waals surface area contributed by atoms with Crippen molar-refractivity contribution in [2.75, 3.05) is 31.7 Å². The van der Waals surface area contributed by atoms with Crippen LogP contribution in [-0.4, -0.2) is 40.2 Å². The van der Waals surface area contributed by atoms with Gasteiger partial charge in [0.15, 0.2) is 0 Å². The number of anilines is 1. The van der Waals surface area contributed by atoms with E-state index in [9.17, 15) is 8.42 Å². The van der Waals surface area contributed by atoms with Gasteiger partial charge in [-0.15, -0.1) is 0 Å². The molecule has 1 aromatic rings. The van der Waals surface area contributed by atoms with E-state index >= 15 is 0 Å². The first-order valence-corrected chi connectivity index (χ1v) is 6.78. The van der Waals surface area contributed by atoms with Crippen molar-refractivity contribution in [2.45, 2.75) is 11.8 Å². The SMILES string of the molecule is CCOCCN(C)c1ncccc1S(N)(=O)=O. The zero-order valence-electron chi connectivity index (χ0n) is 9.96. The lowest BCUT2D eigenvalue weighted by molar-refractivity contribution is 0.154. The van der Waals surface area contributed by atoms with E-state index in [0.717, 1.165) is 0 Å². The number of hydrogen-bond donors (Lipinski definition) is 1. The maximum absolute atomic E-state index is 11.4. The topological polar surface area (TPSA) is 85.5 Å². The van der Waals surface area contributed by atoms with E-state index in [4.69, 9.17) is 9.88 Å². The second-order valence-corrected chi connectivity index (χ2v) is 5.02. The lowest BCUT2D eigenvalue weighted by atomic mass is 10.4. The second-order valence-electron chi connectivity index (χ2n) is 3.49. The minimum atomic E-state index is -3.75. The number of primary sulfonamides is 1. The number of likely N-dealkylation sites (N-methyl/N-ethyl adjacent to an activating group) is 1. The standard InChI is InChI=1S/C10H17N3O3S/c1-3-16-8-7-13(2)10-9(17(11,14)15)5-4-6-12-10/h4-6H,3,7-8H2,1-2H3,(H2,11,14,15). The summed E-state index contributed by atoms with van der Waals surface area (Å²) in [5.41, 5.74) is 0. The second kappa shape index (κ2) is 5.95. The Labute approximate surface area is 101 Å². The zero-order valence-corrected chi connectivity index (χ0v) is 10.8. The van der Waals surface area contributed by atoms with Crippen LogP contribution >= 0.6 is 0 Å². The van der Waals surface area contributed by atoms with E-state index < -0.39 is 10.0 Å². The lowest BCUT2D eigenvalue weighted by Crippen LogP contribution is -2.26. The maximum Gasteiger partial charge on any atom is 0.241 e. The summed E-state index contributed by atoms with van der Waals surface area (Å²) >= 11 is 0. The van der Waals surface area contributed by atoms with Crippen LogP contribution in [0.25, 0.3) is 0 Å². The first kappa shape index (κ1) is 13.9. The number of nitrogens with zero attached hydrogens (tertiary/aromatic N) is 2. The van der Waals surface area contributed by atoms with Crippen LogP contribution in [-0.2, 0) is 14.8 Å². The highest BCUT2D eigenvalue weighted by atomic mass is 32.2. The van der Waals surface area contributed by atoms with Crippen LogP contribution in [0.1, 0.15) is 6.92 Å². The Hall–Kier alpha value is -1.18. The fraction of sp³-hybridized carbons (Fsp3) is 0.500. The summed E-state index contributed by atoms with van der Waals surface area (Å²) in [5, 5.41) is 5.12. The molecule has 1 aromatic heterocycles. The summed E-state index contributed by atoms with van der Waals surface area (Å²) in [7, 11) is -2.01. The Morgan fingerprint density at radius 2 is 2.24 bits per heavy atom. The van der Waals surface area contributed by atoms with Gasteiger partial charge in [0.1, 0.15) is 10.7 Å². The molecule has 0 amide bonds. The Kier molecular flexibility index (Phi) is 4.86. The van der Waals surface area contributed by atoms with Crippen molar-refractivity contribution >= 4 is 15.8 Å². The molecule has 0 atom stereocenters. The fourth-order valence-corrected chi connectivity index (χ4v) is 2.07. The van der Waals surface area contributed by atoms with Gasteiger partial charge in [-0.3, -0.25) is 0 Å². The van der Waals surface area contributed by atoms with Crippen LogP contribution in [0.15, 0.2) is 23.2 Å². The molecule has 0 unspecified atom stereocenters. The van der Waals surface area contributed by atoms with Crippen molar-refractivity contribution in [1.82, 2.24) is 4.98 Å². The van der Waals surface area contributed by atoms with Gasteiger partial charge in [0.2, 0.25) is 10.0 Å². The van der Waals surface area contributed by atoms with Crippen molar-refractivity contribution in [3.8, 4) is 0 Å². The van der Waals surface area contributed by atoms with Gasteiger partial charge in [-0.05, 0) is 19.1 Å². The molecule has 0 saturated carbocycles. The molecule has 0 aliphatic carbocycles. The van der Waals surface area contributed by atoms with Crippen LogP contribution < -0.4 is 10.0 Å². The van der Waals surface area contributed by atoms with Crippen molar-refractivity contribution in [3.63, 3.8) is 0 Å². The number of pyridine rings is 1. The molecule has 0 spiro atoms. The molecule has 2 N–H and O–H groups in total. The number of hydrogen-bond acceptors (Lipinski definition) is 5. The maximum atomic E-state index is 11.4. The number of nitrogens with two attached hydrogens (primary N) is 1. The number of sulfonamides is 1. The molecule has 0 fully saturated rings. The highest BCUT2D eigenvalue weighted by Crippen LogP contribution is 2.19. The van der Waals surface area contributed by atoms with Gasteiger partial charge in [-0.2, -0.15) is 0 Å². The Morgan fingerprint density at radius 1 is 1.53 bits per heavy atom. The lowest BCUT2D eigenvalue weighted by Gasteiger charge is -2.19. The first-order valence-electron chi connectivity index (χ1n) is 5.23. The largest absolute Gasteiger partial charge is 0.380 e. The molecule has 7 heteroatoms. The molecule has 0 aliphatic rings. The van der Waals surface area contributed by atoms with E-state index in [1.165, 1.54) is 12.3 Å². The molecular weight excluding hydrogens is 242 g/mol. The number of aromatic nitrogens is 1. The molecule has 0 aliphatic heterocycles. The third-order valence-corrected chi connectivity index (χ3v) is 3.13. The fourth-order valence-electron chi connectivity index (χ4n) is 1.34. The van der Waals surface area contributed by atoms with Crippen LogP contribution in [0.4, 0.5) is 5.82 Å². The van der Waals surface area contributed by atoms with Crippen LogP contribution in [0.2, 0.25) is 0 Å². The Bertz CT molecular complexity index is 462. The summed E-state index contributed by atoms with van der Waals surface area (Å²) in [5.74, 6) is 0.342. The van der Waals surface area contributed by atoms with E-state index in [-0.39, 0.29) is 4.90 Å².